The smallest absolute Gasteiger partial charge is 0.339 e. The topological polar surface area (TPSA) is 85.5 Å². The molecule has 0 saturated heterocycles. The minimum atomic E-state index is -0.491. The van der Waals surface area contributed by atoms with Crippen molar-refractivity contribution < 1.29 is 23.9 Å². The number of carbonyl (C=O) groups excluding carboxylic acids is 3. The average molecular weight is 321 g/mol. The highest BCUT2D eigenvalue weighted by Gasteiger charge is 2.26. The van der Waals surface area contributed by atoms with E-state index in [0.29, 0.717) is 22.5 Å². The molecule has 0 aromatic carbocycles. The molecule has 1 aliphatic rings. The Hall–Kier alpha value is -2.11. The molecule has 0 amide bonds. The number of ketones is 1. The third kappa shape index (κ3) is 3.81. The predicted octanol–water partition coefficient (Wildman–Crippen LogP) is 2.72. The minimum Gasteiger partial charge on any atom is -0.465 e. The molecular formula is C17H23NO5. The molecule has 1 N–H and O–H groups in total. The first kappa shape index (κ1) is 17.2. The molecule has 0 radical (unpaired) electrons. The van der Waals surface area contributed by atoms with E-state index in [1.807, 2.05) is 0 Å². The van der Waals surface area contributed by atoms with Gasteiger partial charge in [0, 0.05) is 5.69 Å². The number of aromatic nitrogens is 1. The summed E-state index contributed by atoms with van der Waals surface area (Å²) in [6.07, 6.45) is 4.89. The van der Waals surface area contributed by atoms with Gasteiger partial charge in [-0.3, -0.25) is 9.59 Å². The van der Waals surface area contributed by atoms with E-state index in [4.69, 9.17) is 9.47 Å². The van der Waals surface area contributed by atoms with E-state index in [2.05, 4.69) is 4.98 Å². The predicted molar refractivity (Wildman–Crippen MR) is 83.5 cm³/mol. The molecule has 1 fully saturated rings. The van der Waals surface area contributed by atoms with Gasteiger partial charge in [-0.2, -0.15) is 0 Å². The lowest BCUT2D eigenvalue weighted by Gasteiger charge is -2.19. The number of rotatable bonds is 5. The molecule has 1 aliphatic carbocycles. The molecule has 23 heavy (non-hydrogen) atoms. The Morgan fingerprint density at radius 3 is 2.39 bits per heavy atom. The Labute approximate surface area is 135 Å². The number of Topliss-reactive ketones (excluding diaryl/α,β-unsaturated/α-hetero) is 1. The quantitative estimate of drug-likeness (QED) is 0.666. The fourth-order valence-corrected chi connectivity index (χ4v) is 3.10. The van der Waals surface area contributed by atoms with Gasteiger partial charge in [0.05, 0.1) is 24.3 Å². The highest BCUT2D eigenvalue weighted by molar-refractivity contribution is 6.02. The maximum absolute atomic E-state index is 12.3. The van der Waals surface area contributed by atoms with Crippen molar-refractivity contribution in [2.45, 2.75) is 46.0 Å². The number of aryl methyl sites for hydroxylation is 1. The molecular weight excluding hydrogens is 298 g/mol. The number of H-pyrrole nitrogens is 1. The Balaban J connectivity index is 2.01. The number of aromatic amines is 1. The highest BCUT2D eigenvalue weighted by Crippen LogP contribution is 2.25. The van der Waals surface area contributed by atoms with Crippen molar-refractivity contribution >= 4 is 17.7 Å². The second-order valence-corrected chi connectivity index (χ2v) is 5.98. The van der Waals surface area contributed by atoms with Crippen molar-refractivity contribution in [3.05, 3.63) is 22.5 Å². The summed E-state index contributed by atoms with van der Waals surface area (Å²) < 4.78 is 9.88. The van der Waals surface area contributed by atoms with Gasteiger partial charge in [-0.25, -0.2) is 4.79 Å². The van der Waals surface area contributed by atoms with Crippen LogP contribution in [0, 0.1) is 19.8 Å². The van der Waals surface area contributed by atoms with Crippen LogP contribution in [0.1, 0.15) is 64.2 Å². The van der Waals surface area contributed by atoms with Gasteiger partial charge in [-0.1, -0.05) is 19.3 Å². The monoisotopic (exact) mass is 321 g/mol. The Morgan fingerprint density at radius 1 is 1.13 bits per heavy atom. The maximum Gasteiger partial charge on any atom is 0.339 e. The molecule has 6 heteroatoms. The van der Waals surface area contributed by atoms with Gasteiger partial charge in [0.1, 0.15) is 0 Å². The lowest BCUT2D eigenvalue weighted by Crippen LogP contribution is -2.23. The zero-order valence-corrected chi connectivity index (χ0v) is 13.9. The molecule has 126 valence electrons. The number of hydrogen-bond donors (Lipinski definition) is 1. The van der Waals surface area contributed by atoms with Gasteiger partial charge in [-0.05, 0) is 32.3 Å². The van der Waals surface area contributed by atoms with Crippen LogP contribution in [0.25, 0.3) is 0 Å². The van der Waals surface area contributed by atoms with Gasteiger partial charge >= 0.3 is 11.9 Å². The van der Waals surface area contributed by atoms with Gasteiger partial charge in [-0.15, -0.1) is 0 Å². The van der Waals surface area contributed by atoms with Crippen LogP contribution in [0.5, 0.6) is 0 Å². The van der Waals surface area contributed by atoms with E-state index in [-0.39, 0.29) is 24.3 Å². The first-order valence-corrected chi connectivity index (χ1v) is 7.93. The molecule has 1 aromatic rings. The van der Waals surface area contributed by atoms with Crippen molar-refractivity contribution in [2.75, 3.05) is 13.7 Å². The fraction of sp³-hybridized carbons (Fsp3) is 0.588. The Bertz CT molecular complexity index is 611. The summed E-state index contributed by atoms with van der Waals surface area (Å²) in [6, 6.07) is 0. The second kappa shape index (κ2) is 7.44. The van der Waals surface area contributed by atoms with E-state index in [1.54, 1.807) is 13.8 Å². The number of nitrogens with one attached hydrogen (secondary N) is 1. The number of hydrogen-bond acceptors (Lipinski definition) is 5. The fourth-order valence-electron chi connectivity index (χ4n) is 3.10. The summed E-state index contributed by atoms with van der Waals surface area (Å²) in [5.74, 6) is -1.22. The largest absolute Gasteiger partial charge is 0.465 e. The van der Waals surface area contributed by atoms with Crippen molar-refractivity contribution in [2.24, 2.45) is 5.92 Å². The third-order valence-electron chi connectivity index (χ3n) is 4.39. The molecule has 0 spiro atoms. The third-order valence-corrected chi connectivity index (χ3v) is 4.39. The molecule has 0 bridgehead atoms. The van der Waals surface area contributed by atoms with Crippen LogP contribution < -0.4 is 0 Å². The lowest BCUT2D eigenvalue weighted by atomic mass is 9.89. The summed E-state index contributed by atoms with van der Waals surface area (Å²) in [5, 5.41) is 0. The van der Waals surface area contributed by atoms with E-state index in [0.717, 1.165) is 32.1 Å². The summed E-state index contributed by atoms with van der Waals surface area (Å²) in [6.45, 7) is 3.06. The van der Waals surface area contributed by atoms with Crippen LogP contribution in [0.4, 0.5) is 0 Å². The molecule has 0 unspecified atom stereocenters. The maximum atomic E-state index is 12.3. The van der Waals surface area contributed by atoms with Gasteiger partial charge < -0.3 is 14.5 Å². The SMILES string of the molecule is COC(=O)c1c(C)[nH]c(C(=O)COC(=O)C2CCCCC2)c1C. The first-order valence-electron chi connectivity index (χ1n) is 7.93. The van der Waals surface area contributed by atoms with Crippen molar-refractivity contribution in [1.82, 2.24) is 4.98 Å². The van der Waals surface area contributed by atoms with E-state index in [9.17, 15) is 14.4 Å². The first-order chi connectivity index (χ1) is 11.0. The van der Waals surface area contributed by atoms with Crippen LogP contribution >= 0.6 is 0 Å². The number of methoxy groups -OCH3 is 1. The van der Waals surface area contributed by atoms with E-state index in [1.165, 1.54) is 7.11 Å². The van der Waals surface area contributed by atoms with Crippen LogP contribution in [-0.4, -0.2) is 36.4 Å². The van der Waals surface area contributed by atoms with E-state index >= 15 is 0 Å². The summed E-state index contributed by atoms with van der Waals surface area (Å²) >= 11 is 0. The molecule has 1 saturated carbocycles. The zero-order valence-electron chi connectivity index (χ0n) is 13.9. The summed E-state index contributed by atoms with van der Waals surface area (Å²) in [4.78, 5) is 38.9. The molecule has 6 nitrogen and oxygen atoms in total. The van der Waals surface area contributed by atoms with Gasteiger partial charge in [0.15, 0.2) is 6.61 Å². The van der Waals surface area contributed by atoms with Crippen LogP contribution in [0.3, 0.4) is 0 Å². The van der Waals surface area contributed by atoms with Crippen molar-refractivity contribution in [1.29, 1.82) is 0 Å². The standard InChI is InChI=1S/C17H23NO5/c1-10-14(17(21)22-3)11(2)18-15(10)13(19)9-23-16(20)12-7-5-4-6-8-12/h12,18H,4-9H2,1-3H3. The van der Waals surface area contributed by atoms with Crippen LogP contribution in [0.15, 0.2) is 0 Å². The Morgan fingerprint density at radius 2 is 1.78 bits per heavy atom. The number of carbonyl (C=O) groups is 3. The van der Waals surface area contributed by atoms with Crippen LogP contribution in [-0.2, 0) is 14.3 Å². The molecule has 1 heterocycles. The Kier molecular flexibility index (Phi) is 5.58. The molecule has 1 aromatic heterocycles. The molecule has 0 aliphatic heterocycles. The lowest BCUT2D eigenvalue weighted by molar-refractivity contribution is -0.148. The number of ether oxygens (including phenoxy) is 2. The minimum absolute atomic E-state index is 0.0892. The van der Waals surface area contributed by atoms with Crippen molar-refractivity contribution in [3.63, 3.8) is 0 Å². The molecule has 2 rings (SSSR count). The van der Waals surface area contributed by atoms with Crippen LogP contribution in [0.2, 0.25) is 0 Å². The molecule has 0 atom stereocenters. The zero-order chi connectivity index (χ0) is 17.0. The second-order valence-electron chi connectivity index (χ2n) is 5.98. The van der Waals surface area contributed by atoms with Gasteiger partial charge in [0.25, 0.3) is 0 Å². The average Bonchev–Trinajstić information content (AvgIpc) is 2.87. The van der Waals surface area contributed by atoms with E-state index < -0.39 is 5.97 Å². The summed E-state index contributed by atoms with van der Waals surface area (Å²) in [5.41, 5.74) is 1.73. The van der Waals surface area contributed by atoms with Gasteiger partial charge in [0.2, 0.25) is 5.78 Å². The highest BCUT2D eigenvalue weighted by atomic mass is 16.5. The summed E-state index contributed by atoms with van der Waals surface area (Å²) in [7, 11) is 1.29. The normalized spacial score (nSPS) is 15.3. The van der Waals surface area contributed by atoms with Crippen molar-refractivity contribution in [3.8, 4) is 0 Å². The number of esters is 2.